The number of phenolic OH excluding ortho intramolecular Hbond substituents is 1. The third kappa shape index (κ3) is 4.54. The largest absolute Gasteiger partial charge is 0.508 e. The quantitative estimate of drug-likeness (QED) is 0.837. The number of halogens is 2. The molecule has 0 aromatic heterocycles. The van der Waals surface area contributed by atoms with Gasteiger partial charge >= 0.3 is 0 Å². The Balaban J connectivity index is 0.00000144. The maximum absolute atomic E-state index is 9.62. The van der Waals surface area contributed by atoms with Crippen LogP contribution >= 0.6 is 24.8 Å². The highest BCUT2D eigenvalue weighted by molar-refractivity contribution is 5.86. The Kier molecular flexibility index (Phi) is 8.31. The lowest BCUT2D eigenvalue weighted by Crippen LogP contribution is -2.46. The van der Waals surface area contributed by atoms with Crippen molar-refractivity contribution in [3.63, 3.8) is 0 Å². The van der Waals surface area contributed by atoms with Crippen LogP contribution in [0.3, 0.4) is 0 Å². The summed E-state index contributed by atoms with van der Waals surface area (Å²) in [6, 6.07) is 12.8. The fraction of sp³-hybridized carbons (Fsp3) is 0.474. The Hall–Kier alpha value is -1.000. The van der Waals surface area contributed by atoms with E-state index in [1.807, 2.05) is 12.1 Å². The van der Waals surface area contributed by atoms with Gasteiger partial charge in [-0.15, -0.1) is 24.8 Å². The number of phenols is 1. The van der Waals surface area contributed by atoms with E-state index in [4.69, 9.17) is 0 Å². The summed E-state index contributed by atoms with van der Waals surface area (Å²) >= 11 is 0. The second-order valence-electron chi connectivity index (χ2n) is 6.41. The number of benzene rings is 2. The molecule has 2 aromatic rings. The average Bonchev–Trinajstić information content (AvgIpc) is 2.56. The normalized spacial score (nSPS) is 17.6. The maximum atomic E-state index is 9.62. The Morgan fingerprint density at radius 2 is 1.67 bits per heavy atom. The van der Waals surface area contributed by atoms with E-state index in [1.54, 1.807) is 6.07 Å². The summed E-state index contributed by atoms with van der Waals surface area (Å²) in [6.07, 6.45) is 1.18. The fourth-order valence-electron chi connectivity index (χ4n) is 3.52. The maximum Gasteiger partial charge on any atom is 0.116 e. The van der Waals surface area contributed by atoms with E-state index in [9.17, 15) is 5.11 Å². The molecule has 3 rings (SSSR count). The van der Waals surface area contributed by atoms with Gasteiger partial charge < -0.3 is 10.4 Å². The van der Waals surface area contributed by atoms with Crippen molar-refractivity contribution >= 4 is 35.6 Å². The molecule has 0 radical (unpaired) electrons. The average molecular weight is 371 g/mol. The minimum absolute atomic E-state index is 0. The first kappa shape index (κ1) is 21.0. The van der Waals surface area contributed by atoms with Crippen LogP contribution in [0, 0.1) is 5.92 Å². The van der Waals surface area contributed by atoms with Crippen molar-refractivity contribution in [1.82, 2.24) is 10.2 Å². The Bertz CT molecular complexity index is 644. The lowest BCUT2D eigenvalue weighted by Gasteiger charge is -2.38. The number of fused-ring (bicyclic) bond motifs is 1. The molecule has 0 amide bonds. The molecule has 1 heterocycles. The molecule has 0 bridgehead atoms. The number of nitrogens with one attached hydrogen (secondary N) is 1. The van der Waals surface area contributed by atoms with E-state index < -0.39 is 0 Å². The van der Waals surface area contributed by atoms with Crippen molar-refractivity contribution in [3.05, 3.63) is 42.0 Å². The fourth-order valence-corrected chi connectivity index (χ4v) is 3.52. The van der Waals surface area contributed by atoms with E-state index >= 15 is 0 Å². The summed E-state index contributed by atoms with van der Waals surface area (Å²) in [5, 5.41) is 15.4. The molecule has 0 spiro atoms. The molecule has 1 fully saturated rings. The topological polar surface area (TPSA) is 35.5 Å². The molecule has 1 unspecified atom stereocenters. The highest BCUT2D eigenvalue weighted by atomic mass is 35.5. The van der Waals surface area contributed by atoms with Gasteiger partial charge in [-0.2, -0.15) is 0 Å². The molecule has 1 aliphatic heterocycles. The summed E-state index contributed by atoms with van der Waals surface area (Å²) in [6.45, 7) is 9.01. The first-order valence-electron chi connectivity index (χ1n) is 8.36. The summed E-state index contributed by atoms with van der Waals surface area (Å²) in [7, 11) is 0. The molecule has 134 valence electrons. The van der Waals surface area contributed by atoms with Crippen molar-refractivity contribution < 1.29 is 5.11 Å². The van der Waals surface area contributed by atoms with Gasteiger partial charge in [-0.3, -0.25) is 4.90 Å². The molecule has 2 atom stereocenters. The van der Waals surface area contributed by atoms with Crippen LogP contribution in [0.4, 0.5) is 0 Å². The second kappa shape index (κ2) is 9.47. The molecule has 24 heavy (non-hydrogen) atoms. The summed E-state index contributed by atoms with van der Waals surface area (Å²) < 4.78 is 0. The van der Waals surface area contributed by atoms with Crippen LogP contribution in [0.1, 0.15) is 31.9 Å². The molecule has 5 heteroatoms. The van der Waals surface area contributed by atoms with Crippen LogP contribution in [0.15, 0.2) is 36.4 Å². The van der Waals surface area contributed by atoms with Crippen molar-refractivity contribution in [2.45, 2.75) is 26.3 Å². The Morgan fingerprint density at radius 3 is 2.33 bits per heavy atom. The van der Waals surface area contributed by atoms with Gasteiger partial charge in [0.15, 0.2) is 0 Å². The predicted molar refractivity (Wildman–Crippen MR) is 107 cm³/mol. The van der Waals surface area contributed by atoms with Gasteiger partial charge in [0.25, 0.3) is 0 Å². The Morgan fingerprint density at radius 1 is 1.04 bits per heavy atom. The van der Waals surface area contributed by atoms with Gasteiger partial charge in [0, 0.05) is 32.2 Å². The minimum Gasteiger partial charge on any atom is -0.508 e. The monoisotopic (exact) mass is 370 g/mol. The molecular weight excluding hydrogens is 343 g/mol. The van der Waals surface area contributed by atoms with Crippen molar-refractivity contribution in [2.75, 3.05) is 26.2 Å². The number of piperazine rings is 1. The van der Waals surface area contributed by atoms with Crippen molar-refractivity contribution in [3.8, 4) is 5.75 Å². The number of nitrogens with zero attached hydrogens (tertiary/aromatic N) is 1. The van der Waals surface area contributed by atoms with E-state index in [1.165, 1.54) is 17.4 Å². The number of aromatic hydroxyl groups is 1. The second-order valence-corrected chi connectivity index (χ2v) is 6.41. The summed E-state index contributed by atoms with van der Waals surface area (Å²) in [5.74, 6) is 0.966. The first-order chi connectivity index (χ1) is 10.7. The van der Waals surface area contributed by atoms with Crippen LogP contribution in [0.5, 0.6) is 5.75 Å². The van der Waals surface area contributed by atoms with Gasteiger partial charge in [0.1, 0.15) is 5.75 Å². The molecule has 1 aliphatic rings. The lowest BCUT2D eigenvalue weighted by molar-refractivity contribution is 0.128. The summed E-state index contributed by atoms with van der Waals surface area (Å²) in [4.78, 5) is 2.62. The zero-order valence-corrected chi connectivity index (χ0v) is 16.0. The third-order valence-electron chi connectivity index (χ3n) is 4.92. The first-order valence-corrected chi connectivity index (χ1v) is 8.36. The smallest absolute Gasteiger partial charge is 0.116 e. The van der Waals surface area contributed by atoms with Gasteiger partial charge in [-0.05, 0) is 40.5 Å². The number of hydrogen-bond acceptors (Lipinski definition) is 3. The minimum atomic E-state index is 0. The van der Waals surface area contributed by atoms with E-state index in [0.29, 0.717) is 17.7 Å². The SMILES string of the molecule is CCC(C)[C@@H](c1ccc2cc(O)ccc2c1)N1CCNCC1.Cl.Cl. The highest BCUT2D eigenvalue weighted by Crippen LogP contribution is 2.33. The van der Waals surface area contributed by atoms with Gasteiger partial charge in [0.2, 0.25) is 0 Å². The van der Waals surface area contributed by atoms with Crippen LogP contribution in [0.2, 0.25) is 0 Å². The number of rotatable bonds is 4. The number of hydrogen-bond donors (Lipinski definition) is 2. The van der Waals surface area contributed by atoms with Crippen LogP contribution in [-0.2, 0) is 0 Å². The highest BCUT2D eigenvalue weighted by Gasteiger charge is 2.26. The van der Waals surface area contributed by atoms with Crippen LogP contribution in [-0.4, -0.2) is 36.2 Å². The lowest BCUT2D eigenvalue weighted by atomic mass is 9.89. The van der Waals surface area contributed by atoms with E-state index in [2.05, 4.69) is 42.3 Å². The molecule has 0 saturated carbocycles. The molecule has 3 nitrogen and oxygen atoms in total. The zero-order chi connectivity index (χ0) is 15.5. The van der Waals surface area contributed by atoms with Crippen molar-refractivity contribution in [2.24, 2.45) is 5.92 Å². The molecule has 1 saturated heterocycles. The van der Waals surface area contributed by atoms with Crippen LogP contribution in [0.25, 0.3) is 10.8 Å². The van der Waals surface area contributed by atoms with Crippen molar-refractivity contribution in [1.29, 1.82) is 0 Å². The standard InChI is InChI=1S/C19H26N2O.2ClH/c1-3-14(2)19(21-10-8-20-9-11-21)17-5-4-16-13-18(22)7-6-15(16)12-17;;/h4-7,12-14,19-20,22H,3,8-11H2,1-2H3;2*1H/t14?,19-;;/m0../s1. The third-order valence-corrected chi connectivity index (χ3v) is 4.92. The van der Waals surface area contributed by atoms with Gasteiger partial charge in [-0.25, -0.2) is 0 Å². The van der Waals surface area contributed by atoms with Gasteiger partial charge in [-0.1, -0.05) is 38.5 Å². The van der Waals surface area contributed by atoms with Gasteiger partial charge in [0.05, 0.1) is 0 Å². The molecule has 2 N–H and O–H groups in total. The summed E-state index contributed by atoms with van der Waals surface area (Å²) in [5.41, 5.74) is 1.40. The van der Waals surface area contributed by atoms with E-state index in [0.717, 1.165) is 31.6 Å². The van der Waals surface area contributed by atoms with Crippen LogP contribution < -0.4 is 5.32 Å². The molecular formula is C19H28Cl2N2O. The molecule has 2 aromatic carbocycles. The van der Waals surface area contributed by atoms with E-state index in [-0.39, 0.29) is 24.8 Å². The zero-order valence-electron chi connectivity index (χ0n) is 14.4. The molecule has 0 aliphatic carbocycles. The Labute approximate surface area is 157 Å². The predicted octanol–water partition coefficient (Wildman–Crippen LogP) is 4.38.